The van der Waals surface area contributed by atoms with Gasteiger partial charge in [0.15, 0.2) is 0 Å². The summed E-state index contributed by atoms with van der Waals surface area (Å²) in [6.07, 6.45) is 3.34. The number of fused-ring (bicyclic) bond motifs is 1. The van der Waals surface area contributed by atoms with E-state index in [9.17, 15) is 5.11 Å². The van der Waals surface area contributed by atoms with Crippen molar-refractivity contribution in [2.24, 2.45) is 0 Å². The maximum absolute atomic E-state index is 10.7. The van der Waals surface area contributed by atoms with E-state index >= 15 is 0 Å². The number of nitrogens with one attached hydrogen (secondary N) is 1. The fraction of sp³-hybridized carbons (Fsp3) is 0.391. The lowest BCUT2D eigenvalue weighted by atomic mass is 9.80. The van der Waals surface area contributed by atoms with Crippen LogP contribution in [0.1, 0.15) is 51.5 Å². The van der Waals surface area contributed by atoms with E-state index < -0.39 is 0 Å². The number of rotatable bonds is 3. The van der Waals surface area contributed by atoms with Crippen LogP contribution in [0.25, 0.3) is 33.0 Å². The van der Waals surface area contributed by atoms with Crippen LogP contribution >= 0.6 is 11.3 Å². The van der Waals surface area contributed by atoms with Crippen molar-refractivity contribution in [3.8, 4) is 33.6 Å². The highest BCUT2D eigenvalue weighted by molar-refractivity contribution is 7.15. The first-order valence-corrected chi connectivity index (χ1v) is 11.5. The molecular weight excluding hydrogens is 436 g/mol. The fourth-order valence-corrected chi connectivity index (χ4v) is 5.62. The minimum absolute atomic E-state index is 0.0307. The van der Waals surface area contributed by atoms with Crippen molar-refractivity contribution in [1.82, 2.24) is 35.5 Å². The summed E-state index contributed by atoms with van der Waals surface area (Å²) in [6.45, 7) is 8.79. The van der Waals surface area contributed by atoms with Crippen LogP contribution in [0.3, 0.4) is 0 Å². The van der Waals surface area contributed by atoms with Gasteiger partial charge in [-0.2, -0.15) is 5.26 Å². The molecule has 1 saturated heterocycles. The summed E-state index contributed by atoms with van der Waals surface area (Å²) in [4.78, 5) is 4.76. The molecule has 0 spiro atoms. The van der Waals surface area contributed by atoms with Gasteiger partial charge in [-0.1, -0.05) is 11.3 Å². The molecule has 1 aliphatic heterocycles. The average Bonchev–Trinajstić information content (AvgIpc) is 3.38. The Morgan fingerprint density at radius 2 is 1.88 bits per heavy atom. The maximum Gasteiger partial charge on any atom is 0.201 e. The van der Waals surface area contributed by atoms with E-state index in [1.54, 1.807) is 18.2 Å². The molecule has 0 saturated carbocycles. The molecule has 4 heterocycles. The molecule has 0 aliphatic carbocycles. The first-order valence-electron chi connectivity index (χ1n) is 10.7. The van der Waals surface area contributed by atoms with Crippen molar-refractivity contribution in [3.05, 3.63) is 35.3 Å². The summed E-state index contributed by atoms with van der Waals surface area (Å²) in [6, 6.07) is 9.28. The SMILES string of the molecule is CC1(C)CC(n2nnc3cc(-c4ccc(-c5ncc(C#N)s5)cc4O)nnc32)CC(C)(C)N1. The topological polar surface area (TPSA) is 125 Å². The zero-order valence-electron chi connectivity index (χ0n) is 18.9. The number of phenols is 1. The molecule has 5 rings (SSSR count). The Morgan fingerprint density at radius 3 is 2.55 bits per heavy atom. The Morgan fingerprint density at radius 1 is 1.12 bits per heavy atom. The highest BCUT2D eigenvalue weighted by atomic mass is 32.1. The largest absolute Gasteiger partial charge is 0.507 e. The summed E-state index contributed by atoms with van der Waals surface area (Å²) >= 11 is 1.28. The molecule has 0 radical (unpaired) electrons. The van der Waals surface area contributed by atoms with Gasteiger partial charge in [-0.25, -0.2) is 9.67 Å². The zero-order chi connectivity index (χ0) is 23.4. The van der Waals surface area contributed by atoms with Crippen molar-refractivity contribution in [2.45, 2.75) is 57.7 Å². The second-order valence-electron chi connectivity index (χ2n) is 9.80. The van der Waals surface area contributed by atoms with Gasteiger partial charge in [0.1, 0.15) is 27.2 Å². The molecule has 33 heavy (non-hydrogen) atoms. The first-order chi connectivity index (χ1) is 15.6. The third-order valence-corrected chi connectivity index (χ3v) is 6.82. The number of hydrogen-bond acceptors (Lipinski definition) is 9. The van der Waals surface area contributed by atoms with Gasteiger partial charge in [0.2, 0.25) is 5.65 Å². The summed E-state index contributed by atoms with van der Waals surface area (Å²) in [5.41, 5.74) is 3.01. The second kappa shape index (κ2) is 7.57. The number of hydrogen-bond donors (Lipinski definition) is 2. The molecule has 1 aromatic carbocycles. The molecule has 4 aromatic rings. The van der Waals surface area contributed by atoms with Crippen LogP contribution in [-0.2, 0) is 0 Å². The zero-order valence-corrected chi connectivity index (χ0v) is 19.7. The normalized spacial score (nSPS) is 17.8. The molecule has 0 amide bonds. The molecular formula is C23H24N8OS. The molecule has 1 aliphatic rings. The van der Waals surface area contributed by atoms with E-state index in [1.807, 2.05) is 10.7 Å². The molecule has 10 heteroatoms. The van der Waals surface area contributed by atoms with Gasteiger partial charge in [-0.05, 0) is 58.7 Å². The van der Waals surface area contributed by atoms with Gasteiger partial charge in [-0.3, -0.25) is 0 Å². The highest BCUT2D eigenvalue weighted by Crippen LogP contribution is 2.37. The van der Waals surface area contributed by atoms with Gasteiger partial charge in [-0.15, -0.1) is 26.6 Å². The van der Waals surface area contributed by atoms with Crippen LogP contribution in [0.5, 0.6) is 5.75 Å². The van der Waals surface area contributed by atoms with Crippen LogP contribution < -0.4 is 5.32 Å². The molecule has 9 nitrogen and oxygen atoms in total. The van der Waals surface area contributed by atoms with Crippen molar-refractivity contribution in [1.29, 1.82) is 5.26 Å². The maximum atomic E-state index is 10.7. The predicted molar refractivity (Wildman–Crippen MR) is 126 cm³/mol. The van der Waals surface area contributed by atoms with Crippen LogP contribution in [0.2, 0.25) is 0 Å². The number of nitriles is 1. The molecule has 0 unspecified atom stereocenters. The van der Waals surface area contributed by atoms with E-state index in [0.29, 0.717) is 32.3 Å². The standard InChI is InChI=1S/C23H24N8OS/c1-22(2)9-14(10-23(3,4)29-22)31-20-18(27-30-31)8-17(26-28-20)16-6-5-13(7-19(16)32)21-25-12-15(11-24)33-21/h5-8,12,14,29,32H,9-10H2,1-4H3. The third-order valence-electron chi connectivity index (χ3n) is 5.87. The summed E-state index contributed by atoms with van der Waals surface area (Å²) in [7, 11) is 0. The van der Waals surface area contributed by atoms with Gasteiger partial charge in [0.05, 0.1) is 17.9 Å². The fourth-order valence-electron chi connectivity index (χ4n) is 4.91. The van der Waals surface area contributed by atoms with E-state index in [2.05, 4.69) is 64.6 Å². The summed E-state index contributed by atoms with van der Waals surface area (Å²) in [5.74, 6) is 0.0594. The predicted octanol–water partition coefficient (Wildman–Crippen LogP) is 4.07. The first kappa shape index (κ1) is 21.4. The number of aromatic hydroxyl groups is 1. The number of aromatic nitrogens is 6. The lowest BCUT2D eigenvalue weighted by molar-refractivity contribution is 0.127. The minimum atomic E-state index is -0.0307. The number of benzene rings is 1. The Kier molecular flexibility index (Phi) is 4.92. The van der Waals surface area contributed by atoms with E-state index in [0.717, 1.165) is 18.4 Å². The van der Waals surface area contributed by atoms with Crippen LogP contribution in [-0.4, -0.2) is 46.4 Å². The van der Waals surface area contributed by atoms with Crippen molar-refractivity contribution in [3.63, 3.8) is 0 Å². The Bertz CT molecular complexity index is 1380. The Labute approximate surface area is 195 Å². The van der Waals surface area contributed by atoms with Gasteiger partial charge in [0, 0.05) is 22.2 Å². The van der Waals surface area contributed by atoms with Crippen molar-refractivity contribution >= 4 is 22.5 Å². The number of thiazole rings is 1. The average molecular weight is 461 g/mol. The van der Waals surface area contributed by atoms with Crippen LogP contribution in [0, 0.1) is 11.3 Å². The summed E-state index contributed by atoms with van der Waals surface area (Å²) < 4.78 is 1.88. The second-order valence-corrected chi connectivity index (χ2v) is 10.8. The molecule has 3 aromatic heterocycles. The number of piperidine rings is 1. The van der Waals surface area contributed by atoms with E-state index in [1.165, 1.54) is 17.5 Å². The Hall–Kier alpha value is -3.42. The highest BCUT2D eigenvalue weighted by Gasteiger charge is 2.39. The molecule has 0 bridgehead atoms. The molecule has 2 N–H and O–H groups in total. The van der Waals surface area contributed by atoms with E-state index in [4.69, 9.17) is 5.26 Å². The molecule has 168 valence electrons. The minimum Gasteiger partial charge on any atom is -0.507 e. The summed E-state index contributed by atoms with van der Waals surface area (Å²) in [5, 5.41) is 41.6. The van der Waals surface area contributed by atoms with E-state index in [-0.39, 0.29) is 22.9 Å². The van der Waals surface area contributed by atoms with Crippen LogP contribution in [0.15, 0.2) is 30.5 Å². The molecule has 0 atom stereocenters. The van der Waals surface area contributed by atoms with Crippen molar-refractivity contribution < 1.29 is 5.11 Å². The van der Waals surface area contributed by atoms with Gasteiger partial charge in [0.25, 0.3) is 0 Å². The quantitative estimate of drug-likeness (QED) is 0.469. The van der Waals surface area contributed by atoms with Gasteiger partial charge < -0.3 is 10.4 Å². The van der Waals surface area contributed by atoms with Crippen LogP contribution in [0.4, 0.5) is 0 Å². The number of nitrogens with zero attached hydrogens (tertiary/aromatic N) is 7. The van der Waals surface area contributed by atoms with Gasteiger partial charge >= 0.3 is 0 Å². The Balaban J connectivity index is 1.47. The smallest absolute Gasteiger partial charge is 0.201 e. The monoisotopic (exact) mass is 460 g/mol. The van der Waals surface area contributed by atoms with Crippen molar-refractivity contribution in [2.75, 3.05) is 0 Å². The third kappa shape index (κ3) is 4.05. The number of phenolic OH excluding ortho intramolecular Hbond substituents is 1. The molecule has 1 fully saturated rings. The lowest BCUT2D eigenvalue weighted by Gasteiger charge is -2.46. The lowest BCUT2D eigenvalue weighted by Crippen LogP contribution is -2.58.